The molecule has 0 fully saturated rings. The third-order valence-corrected chi connectivity index (χ3v) is 4.45. The lowest BCUT2D eigenvalue weighted by Crippen LogP contribution is -2.24. The molecule has 0 aliphatic heterocycles. The Morgan fingerprint density at radius 1 is 1.10 bits per heavy atom. The molecule has 0 aromatic heterocycles. The summed E-state index contributed by atoms with van der Waals surface area (Å²) >= 11 is 5.78. The van der Waals surface area contributed by atoms with Crippen molar-refractivity contribution in [1.29, 1.82) is 0 Å². The summed E-state index contributed by atoms with van der Waals surface area (Å²) in [7, 11) is -1.83. The monoisotopic (exact) mass is 325 g/mol. The predicted octanol–water partition coefficient (Wildman–Crippen LogP) is 2.97. The standard InChI is InChI=1S/C15H16ClNO3S/c1-20-15-4-2-3-13(9-15)10-17-21(18,19)11-12-5-7-14(16)8-6-12/h2-9,17H,10-11H2,1H3. The lowest BCUT2D eigenvalue weighted by Gasteiger charge is -2.08. The smallest absolute Gasteiger partial charge is 0.216 e. The van der Waals surface area contributed by atoms with Gasteiger partial charge in [0.2, 0.25) is 10.0 Å². The van der Waals surface area contributed by atoms with Crippen molar-refractivity contribution in [2.24, 2.45) is 0 Å². The van der Waals surface area contributed by atoms with Crippen molar-refractivity contribution in [3.05, 3.63) is 64.7 Å². The molecular formula is C15H16ClNO3S. The van der Waals surface area contributed by atoms with Gasteiger partial charge in [0.15, 0.2) is 0 Å². The third kappa shape index (κ3) is 5.04. The molecule has 0 radical (unpaired) electrons. The summed E-state index contributed by atoms with van der Waals surface area (Å²) < 4.78 is 31.8. The second-order valence-electron chi connectivity index (χ2n) is 4.56. The quantitative estimate of drug-likeness (QED) is 0.888. The van der Waals surface area contributed by atoms with Crippen LogP contribution < -0.4 is 9.46 Å². The van der Waals surface area contributed by atoms with Crippen molar-refractivity contribution in [3.8, 4) is 5.75 Å². The van der Waals surface area contributed by atoms with Crippen molar-refractivity contribution < 1.29 is 13.2 Å². The van der Waals surface area contributed by atoms with E-state index >= 15 is 0 Å². The lowest BCUT2D eigenvalue weighted by molar-refractivity contribution is 0.414. The van der Waals surface area contributed by atoms with Crippen LogP contribution in [0.4, 0.5) is 0 Å². The predicted molar refractivity (Wildman–Crippen MR) is 83.9 cm³/mol. The molecule has 2 rings (SSSR count). The van der Waals surface area contributed by atoms with E-state index in [1.165, 1.54) is 0 Å². The number of ether oxygens (including phenoxy) is 1. The average molecular weight is 326 g/mol. The zero-order chi connectivity index (χ0) is 15.3. The molecule has 0 saturated carbocycles. The second-order valence-corrected chi connectivity index (χ2v) is 6.80. The Labute approximate surface area is 129 Å². The Balaban J connectivity index is 1.99. The van der Waals surface area contributed by atoms with E-state index in [2.05, 4.69) is 4.72 Å². The molecule has 0 heterocycles. The van der Waals surface area contributed by atoms with Crippen LogP contribution in [0, 0.1) is 0 Å². The van der Waals surface area contributed by atoms with E-state index in [0.29, 0.717) is 16.3 Å². The van der Waals surface area contributed by atoms with Crippen LogP contribution in [-0.4, -0.2) is 15.5 Å². The molecule has 0 saturated heterocycles. The number of nitrogens with one attached hydrogen (secondary N) is 1. The summed E-state index contributed by atoms with van der Waals surface area (Å²) in [5.41, 5.74) is 1.53. The Morgan fingerprint density at radius 3 is 2.48 bits per heavy atom. The summed E-state index contributed by atoms with van der Waals surface area (Å²) in [5.74, 6) is 0.623. The first-order chi connectivity index (χ1) is 9.98. The van der Waals surface area contributed by atoms with Gasteiger partial charge in [0.25, 0.3) is 0 Å². The molecule has 4 nitrogen and oxygen atoms in total. The Kier molecular flexibility index (Phi) is 5.22. The zero-order valence-electron chi connectivity index (χ0n) is 11.5. The van der Waals surface area contributed by atoms with E-state index in [4.69, 9.17) is 16.3 Å². The lowest BCUT2D eigenvalue weighted by atomic mass is 10.2. The second kappa shape index (κ2) is 6.93. The van der Waals surface area contributed by atoms with Gasteiger partial charge in [-0.15, -0.1) is 0 Å². The highest BCUT2D eigenvalue weighted by atomic mass is 35.5. The number of sulfonamides is 1. The summed E-state index contributed by atoms with van der Waals surface area (Å²) in [4.78, 5) is 0. The number of rotatable bonds is 6. The van der Waals surface area contributed by atoms with Crippen LogP contribution in [0.2, 0.25) is 5.02 Å². The van der Waals surface area contributed by atoms with Crippen molar-refractivity contribution in [3.63, 3.8) is 0 Å². The van der Waals surface area contributed by atoms with Crippen LogP contribution >= 0.6 is 11.6 Å². The molecule has 1 N–H and O–H groups in total. The van der Waals surface area contributed by atoms with E-state index in [9.17, 15) is 8.42 Å². The van der Waals surface area contributed by atoms with Gasteiger partial charge in [0, 0.05) is 11.6 Å². The molecule has 0 bridgehead atoms. The molecule has 0 aliphatic rings. The van der Waals surface area contributed by atoms with Crippen LogP contribution in [0.15, 0.2) is 48.5 Å². The minimum Gasteiger partial charge on any atom is -0.497 e. The minimum absolute atomic E-state index is 0.0753. The third-order valence-electron chi connectivity index (χ3n) is 2.90. The summed E-state index contributed by atoms with van der Waals surface area (Å²) in [5, 5.41) is 0.584. The maximum Gasteiger partial charge on any atom is 0.216 e. The molecule has 0 aliphatic carbocycles. The molecular weight excluding hydrogens is 310 g/mol. The SMILES string of the molecule is COc1cccc(CNS(=O)(=O)Cc2ccc(Cl)cc2)c1. The van der Waals surface area contributed by atoms with Gasteiger partial charge in [0.1, 0.15) is 5.75 Å². The van der Waals surface area contributed by atoms with Gasteiger partial charge in [-0.2, -0.15) is 0 Å². The summed E-state index contributed by atoms with van der Waals surface area (Å²) in [6, 6.07) is 14.0. The fraction of sp³-hybridized carbons (Fsp3) is 0.200. The molecule has 112 valence electrons. The van der Waals surface area contributed by atoms with Crippen molar-refractivity contribution in [1.82, 2.24) is 4.72 Å². The van der Waals surface area contributed by atoms with E-state index < -0.39 is 10.0 Å². The van der Waals surface area contributed by atoms with Gasteiger partial charge >= 0.3 is 0 Å². The number of benzene rings is 2. The van der Waals surface area contributed by atoms with Gasteiger partial charge < -0.3 is 4.74 Å². The summed E-state index contributed by atoms with van der Waals surface area (Å²) in [6.45, 7) is 0.229. The number of hydrogen-bond donors (Lipinski definition) is 1. The van der Waals surface area contributed by atoms with Gasteiger partial charge in [-0.1, -0.05) is 35.9 Å². The van der Waals surface area contributed by atoms with E-state index in [0.717, 1.165) is 5.56 Å². The number of methoxy groups -OCH3 is 1. The fourth-order valence-electron chi connectivity index (χ4n) is 1.83. The molecule has 6 heteroatoms. The molecule has 2 aromatic carbocycles. The Morgan fingerprint density at radius 2 is 1.81 bits per heavy atom. The normalized spacial score (nSPS) is 11.3. The largest absolute Gasteiger partial charge is 0.497 e. The highest BCUT2D eigenvalue weighted by Gasteiger charge is 2.11. The highest BCUT2D eigenvalue weighted by Crippen LogP contribution is 2.14. The average Bonchev–Trinajstić information content (AvgIpc) is 2.48. The van der Waals surface area contributed by atoms with Crippen LogP contribution in [-0.2, 0) is 22.3 Å². The van der Waals surface area contributed by atoms with Gasteiger partial charge in [-0.05, 0) is 35.4 Å². The fourth-order valence-corrected chi connectivity index (χ4v) is 3.07. The first kappa shape index (κ1) is 15.8. The molecule has 0 unspecified atom stereocenters. The molecule has 0 spiro atoms. The van der Waals surface area contributed by atoms with Crippen LogP contribution in [0.3, 0.4) is 0 Å². The molecule has 0 atom stereocenters. The van der Waals surface area contributed by atoms with Gasteiger partial charge in [-0.3, -0.25) is 0 Å². The topological polar surface area (TPSA) is 55.4 Å². The van der Waals surface area contributed by atoms with E-state index in [1.54, 1.807) is 37.4 Å². The van der Waals surface area contributed by atoms with E-state index in [1.807, 2.05) is 18.2 Å². The Bertz CT molecular complexity index is 699. The van der Waals surface area contributed by atoms with E-state index in [-0.39, 0.29) is 12.3 Å². The maximum absolute atomic E-state index is 12.0. The van der Waals surface area contributed by atoms with Gasteiger partial charge in [-0.25, -0.2) is 13.1 Å². The van der Waals surface area contributed by atoms with Crippen molar-refractivity contribution >= 4 is 21.6 Å². The number of halogens is 1. The Hall–Kier alpha value is -1.56. The molecule has 0 amide bonds. The van der Waals surface area contributed by atoms with Gasteiger partial charge in [0.05, 0.1) is 12.9 Å². The van der Waals surface area contributed by atoms with Crippen molar-refractivity contribution in [2.45, 2.75) is 12.3 Å². The number of hydrogen-bond acceptors (Lipinski definition) is 3. The maximum atomic E-state index is 12.0. The highest BCUT2D eigenvalue weighted by molar-refractivity contribution is 7.88. The summed E-state index contributed by atoms with van der Waals surface area (Å²) in [6.07, 6.45) is 0. The molecule has 21 heavy (non-hydrogen) atoms. The molecule has 2 aromatic rings. The minimum atomic E-state index is -3.40. The first-order valence-corrected chi connectivity index (χ1v) is 8.36. The zero-order valence-corrected chi connectivity index (χ0v) is 13.1. The van der Waals surface area contributed by atoms with Crippen LogP contribution in [0.25, 0.3) is 0 Å². The van der Waals surface area contributed by atoms with Crippen LogP contribution in [0.1, 0.15) is 11.1 Å². The first-order valence-electron chi connectivity index (χ1n) is 6.33. The van der Waals surface area contributed by atoms with Crippen LogP contribution in [0.5, 0.6) is 5.75 Å². The van der Waals surface area contributed by atoms with Crippen molar-refractivity contribution in [2.75, 3.05) is 7.11 Å².